The Kier molecular flexibility index (Phi) is 2.83. The van der Waals surface area contributed by atoms with Crippen molar-refractivity contribution in [1.82, 2.24) is 19.1 Å². The Morgan fingerprint density at radius 2 is 1.75 bits per heavy atom. The van der Waals surface area contributed by atoms with Crippen molar-refractivity contribution in [3.63, 3.8) is 0 Å². The fraction of sp³-hybridized carbons (Fsp3) is 0.0714. The molecule has 0 fully saturated rings. The van der Waals surface area contributed by atoms with Crippen LogP contribution in [0.3, 0.4) is 0 Å². The Hall–Kier alpha value is -2.89. The summed E-state index contributed by atoms with van der Waals surface area (Å²) in [6, 6.07) is 7.32. The van der Waals surface area contributed by atoms with Crippen LogP contribution < -0.4 is 11.3 Å². The van der Waals surface area contributed by atoms with Crippen molar-refractivity contribution in [2.24, 2.45) is 7.05 Å². The zero-order chi connectivity index (χ0) is 14.1. The zero-order valence-corrected chi connectivity index (χ0v) is 10.9. The summed E-state index contributed by atoms with van der Waals surface area (Å²) in [6.45, 7) is 0. The van der Waals surface area contributed by atoms with Crippen molar-refractivity contribution in [3.8, 4) is 17.2 Å². The van der Waals surface area contributed by atoms with Crippen LogP contribution in [0.25, 0.3) is 17.2 Å². The average molecular weight is 267 g/mol. The predicted molar refractivity (Wildman–Crippen MR) is 76.4 cm³/mol. The van der Waals surface area contributed by atoms with E-state index < -0.39 is 0 Å². The molecule has 0 amide bonds. The first kappa shape index (κ1) is 12.2. The van der Waals surface area contributed by atoms with Gasteiger partial charge in [-0.2, -0.15) is 0 Å². The molecule has 0 spiro atoms. The quantitative estimate of drug-likeness (QED) is 0.708. The van der Waals surface area contributed by atoms with Crippen molar-refractivity contribution in [3.05, 3.63) is 59.4 Å². The van der Waals surface area contributed by atoms with Gasteiger partial charge in [0.2, 0.25) is 5.82 Å². The molecule has 3 aromatic rings. The summed E-state index contributed by atoms with van der Waals surface area (Å²) in [7, 11) is 1.69. The highest BCUT2D eigenvalue weighted by atomic mass is 16.1. The Bertz CT molecular complexity index is 801. The molecular formula is C14H13N5O. The molecule has 2 heterocycles. The van der Waals surface area contributed by atoms with Crippen molar-refractivity contribution in [2.45, 2.75) is 0 Å². The van der Waals surface area contributed by atoms with E-state index in [1.165, 1.54) is 4.57 Å². The van der Waals surface area contributed by atoms with Gasteiger partial charge in [-0.1, -0.05) is 0 Å². The van der Waals surface area contributed by atoms with E-state index in [2.05, 4.69) is 9.97 Å². The molecule has 0 unspecified atom stereocenters. The van der Waals surface area contributed by atoms with Crippen LogP contribution in [0.15, 0.2) is 53.8 Å². The maximum Gasteiger partial charge on any atom is 0.294 e. The van der Waals surface area contributed by atoms with Crippen molar-refractivity contribution < 1.29 is 0 Å². The second-order valence-corrected chi connectivity index (χ2v) is 4.41. The number of rotatable bonds is 2. The van der Waals surface area contributed by atoms with Gasteiger partial charge in [0, 0.05) is 43.1 Å². The standard InChI is InChI=1S/C14H13N5O/c1-18-8-6-17-13(14(18)20)19-9-7-16-12(19)10-2-4-11(15)5-3-10/h2-9H,15H2,1H3. The number of nitrogens with two attached hydrogens (primary N) is 1. The summed E-state index contributed by atoms with van der Waals surface area (Å²) in [5, 5.41) is 0. The van der Waals surface area contributed by atoms with E-state index >= 15 is 0 Å². The number of imidazole rings is 1. The molecule has 0 radical (unpaired) electrons. The first-order chi connectivity index (χ1) is 9.66. The van der Waals surface area contributed by atoms with Crippen LogP contribution in [-0.4, -0.2) is 19.1 Å². The Labute approximate surface area is 115 Å². The minimum atomic E-state index is -0.179. The first-order valence-electron chi connectivity index (χ1n) is 6.08. The van der Waals surface area contributed by atoms with Crippen LogP contribution in [-0.2, 0) is 7.05 Å². The maximum absolute atomic E-state index is 12.1. The lowest BCUT2D eigenvalue weighted by atomic mass is 10.2. The number of aromatic nitrogens is 4. The van der Waals surface area contributed by atoms with E-state index in [1.807, 2.05) is 12.1 Å². The predicted octanol–water partition coefficient (Wildman–Crippen LogP) is 1.22. The van der Waals surface area contributed by atoms with E-state index in [-0.39, 0.29) is 5.56 Å². The van der Waals surface area contributed by atoms with Crippen molar-refractivity contribution in [1.29, 1.82) is 0 Å². The third kappa shape index (κ3) is 1.97. The molecule has 2 N–H and O–H groups in total. The SMILES string of the molecule is Cn1ccnc(-n2ccnc2-c2ccc(N)cc2)c1=O. The second kappa shape index (κ2) is 4.65. The lowest BCUT2D eigenvalue weighted by molar-refractivity contribution is 0.809. The molecule has 6 heteroatoms. The second-order valence-electron chi connectivity index (χ2n) is 4.41. The molecule has 20 heavy (non-hydrogen) atoms. The summed E-state index contributed by atoms with van der Waals surface area (Å²) >= 11 is 0. The van der Waals surface area contributed by atoms with Crippen LogP contribution >= 0.6 is 0 Å². The van der Waals surface area contributed by atoms with Gasteiger partial charge in [0.1, 0.15) is 5.82 Å². The van der Waals surface area contributed by atoms with Crippen LogP contribution in [0.1, 0.15) is 0 Å². The lowest BCUT2D eigenvalue weighted by Gasteiger charge is -2.07. The molecule has 0 saturated carbocycles. The average Bonchev–Trinajstić information content (AvgIpc) is 2.92. The molecule has 100 valence electrons. The van der Waals surface area contributed by atoms with Crippen LogP contribution in [0.4, 0.5) is 5.69 Å². The molecule has 0 aliphatic rings. The van der Waals surface area contributed by atoms with Gasteiger partial charge in [-0.25, -0.2) is 9.97 Å². The minimum Gasteiger partial charge on any atom is -0.399 e. The maximum atomic E-state index is 12.1. The fourth-order valence-corrected chi connectivity index (χ4v) is 1.97. The molecule has 0 aliphatic carbocycles. The molecule has 2 aromatic heterocycles. The van der Waals surface area contributed by atoms with E-state index in [0.29, 0.717) is 17.3 Å². The van der Waals surface area contributed by atoms with Gasteiger partial charge in [0.25, 0.3) is 5.56 Å². The van der Waals surface area contributed by atoms with Gasteiger partial charge in [-0.3, -0.25) is 9.36 Å². The normalized spacial score (nSPS) is 10.7. The van der Waals surface area contributed by atoms with E-state index in [1.54, 1.807) is 48.5 Å². The van der Waals surface area contributed by atoms with Gasteiger partial charge in [-0.05, 0) is 24.3 Å². The number of hydrogen-bond donors (Lipinski definition) is 1. The Morgan fingerprint density at radius 3 is 2.50 bits per heavy atom. The highest BCUT2D eigenvalue weighted by Crippen LogP contribution is 2.20. The molecule has 0 aliphatic heterocycles. The third-order valence-electron chi connectivity index (χ3n) is 3.04. The molecule has 1 aromatic carbocycles. The first-order valence-corrected chi connectivity index (χ1v) is 6.08. The monoisotopic (exact) mass is 267 g/mol. The summed E-state index contributed by atoms with van der Waals surface area (Å²) in [5.74, 6) is 0.972. The highest BCUT2D eigenvalue weighted by molar-refractivity contribution is 5.60. The van der Waals surface area contributed by atoms with E-state index in [4.69, 9.17) is 5.73 Å². The van der Waals surface area contributed by atoms with Gasteiger partial charge in [0.15, 0.2) is 0 Å². The largest absolute Gasteiger partial charge is 0.399 e. The van der Waals surface area contributed by atoms with Crippen molar-refractivity contribution >= 4 is 5.69 Å². The number of nitrogens with zero attached hydrogens (tertiary/aromatic N) is 4. The number of benzene rings is 1. The van der Waals surface area contributed by atoms with Gasteiger partial charge >= 0.3 is 0 Å². The van der Waals surface area contributed by atoms with Crippen molar-refractivity contribution in [2.75, 3.05) is 5.73 Å². The number of aryl methyl sites for hydroxylation is 1. The summed E-state index contributed by atoms with van der Waals surface area (Å²) in [6.07, 6.45) is 6.56. The minimum absolute atomic E-state index is 0.179. The molecule has 0 bridgehead atoms. The fourth-order valence-electron chi connectivity index (χ4n) is 1.97. The lowest BCUT2D eigenvalue weighted by Crippen LogP contribution is -2.23. The van der Waals surface area contributed by atoms with E-state index in [0.717, 1.165) is 5.56 Å². The van der Waals surface area contributed by atoms with Crippen LogP contribution in [0.2, 0.25) is 0 Å². The van der Waals surface area contributed by atoms with Gasteiger partial charge < -0.3 is 10.3 Å². The number of hydrogen-bond acceptors (Lipinski definition) is 4. The number of anilines is 1. The van der Waals surface area contributed by atoms with Crippen LogP contribution in [0, 0.1) is 0 Å². The molecule has 6 nitrogen and oxygen atoms in total. The van der Waals surface area contributed by atoms with E-state index in [9.17, 15) is 4.79 Å². The molecule has 0 atom stereocenters. The zero-order valence-electron chi connectivity index (χ0n) is 10.9. The molecule has 0 saturated heterocycles. The summed E-state index contributed by atoms with van der Waals surface area (Å²) in [4.78, 5) is 20.6. The Balaban J connectivity index is 2.18. The number of nitrogen functional groups attached to an aromatic ring is 1. The highest BCUT2D eigenvalue weighted by Gasteiger charge is 2.12. The smallest absolute Gasteiger partial charge is 0.294 e. The topological polar surface area (TPSA) is 78.7 Å². The van der Waals surface area contributed by atoms with Gasteiger partial charge in [0.05, 0.1) is 0 Å². The van der Waals surface area contributed by atoms with Crippen LogP contribution in [0.5, 0.6) is 0 Å². The van der Waals surface area contributed by atoms with Gasteiger partial charge in [-0.15, -0.1) is 0 Å². The third-order valence-corrected chi connectivity index (χ3v) is 3.04. The molecular weight excluding hydrogens is 254 g/mol. The molecule has 3 rings (SSSR count). The Morgan fingerprint density at radius 1 is 1.05 bits per heavy atom. The summed E-state index contributed by atoms with van der Waals surface area (Å²) < 4.78 is 3.16. The summed E-state index contributed by atoms with van der Waals surface area (Å²) in [5.41, 5.74) is 7.06.